The van der Waals surface area contributed by atoms with Gasteiger partial charge >= 0.3 is 0 Å². The van der Waals surface area contributed by atoms with E-state index in [1.54, 1.807) is 5.31 Å². The van der Waals surface area contributed by atoms with Crippen LogP contribution in [0, 0.1) is 5.92 Å². The lowest BCUT2D eigenvalue weighted by molar-refractivity contribution is 0.482. The summed E-state index contributed by atoms with van der Waals surface area (Å²) in [4.78, 5) is 0. The van der Waals surface area contributed by atoms with Crippen LogP contribution in [0.15, 0.2) is 23.3 Å². The third kappa shape index (κ3) is 4.06. The van der Waals surface area contributed by atoms with Gasteiger partial charge in [-0.05, 0) is 32.7 Å². The molecule has 89 valence electrons. The van der Waals surface area contributed by atoms with E-state index in [4.69, 9.17) is 0 Å². The molecule has 1 radical (unpaired) electrons. The van der Waals surface area contributed by atoms with Crippen molar-refractivity contribution in [2.45, 2.75) is 64.2 Å². The molecule has 1 aliphatic carbocycles. The van der Waals surface area contributed by atoms with Gasteiger partial charge in [0, 0.05) is 0 Å². The van der Waals surface area contributed by atoms with Crippen molar-refractivity contribution in [3.63, 3.8) is 0 Å². The Labute approximate surface area is 102 Å². The number of hydrogen-bond donors (Lipinski definition) is 0. The molecular weight excluding hydrogens is 211 g/mol. The summed E-state index contributed by atoms with van der Waals surface area (Å²) >= 11 is 0. The van der Waals surface area contributed by atoms with Gasteiger partial charge in [0.05, 0.1) is 0 Å². The Morgan fingerprint density at radius 3 is 1.88 bits per heavy atom. The first kappa shape index (κ1) is 12.4. The van der Waals surface area contributed by atoms with Crippen molar-refractivity contribution in [2.24, 2.45) is 5.92 Å². The molecule has 0 atom stereocenters. The van der Waals surface area contributed by atoms with Crippen LogP contribution in [0.3, 0.4) is 0 Å². The number of allylic oxidation sites excluding steroid dienone is 3. The molecule has 16 heavy (non-hydrogen) atoms. The molecule has 0 saturated heterocycles. The van der Waals surface area contributed by atoms with Crippen LogP contribution in [-0.2, 0) is 0 Å². The van der Waals surface area contributed by atoms with E-state index in [2.05, 4.69) is 18.0 Å². The van der Waals surface area contributed by atoms with Crippen molar-refractivity contribution in [1.82, 2.24) is 0 Å². The lowest BCUT2D eigenvalue weighted by Gasteiger charge is -2.17. The standard InChI is InChI=1S/C15H24P/c1-2-4-6-8-11-14(10-7-5-3-1)15-12-9-13-16-15/h9,12-14H,1-8,10-11H2. The third-order valence-corrected chi connectivity index (χ3v) is 4.98. The third-order valence-electron chi connectivity index (χ3n) is 3.85. The molecule has 1 heteroatoms. The Kier molecular flexibility index (Phi) is 5.63. The van der Waals surface area contributed by atoms with Crippen LogP contribution in [-0.4, -0.2) is 0 Å². The van der Waals surface area contributed by atoms with Gasteiger partial charge in [-0.15, -0.1) is 0 Å². The second-order valence-electron chi connectivity index (χ2n) is 5.16. The summed E-state index contributed by atoms with van der Waals surface area (Å²) in [6.45, 7) is 0. The molecule has 0 nitrogen and oxygen atoms in total. The minimum Gasteiger partial charge on any atom is -0.0608 e. The van der Waals surface area contributed by atoms with Crippen LogP contribution in [0.25, 0.3) is 0 Å². The molecule has 2 rings (SSSR count). The van der Waals surface area contributed by atoms with Gasteiger partial charge in [0.25, 0.3) is 0 Å². The van der Waals surface area contributed by atoms with Gasteiger partial charge in [-0.3, -0.25) is 0 Å². The molecule has 0 aromatic carbocycles. The van der Waals surface area contributed by atoms with Gasteiger partial charge in [-0.1, -0.05) is 69.3 Å². The van der Waals surface area contributed by atoms with E-state index in [0.29, 0.717) is 0 Å². The lowest BCUT2D eigenvalue weighted by Crippen LogP contribution is -2.01. The highest BCUT2D eigenvalue weighted by atomic mass is 31.1. The first-order valence-corrected chi connectivity index (χ1v) is 8.01. The fourth-order valence-electron chi connectivity index (χ4n) is 2.84. The SMILES string of the molecule is C1=C[P]C(C2CCCCCCCCCC2)=C1. The molecule has 0 aromatic rings. The molecule has 2 aliphatic rings. The highest BCUT2D eigenvalue weighted by Crippen LogP contribution is 2.40. The van der Waals surface area contributed by atoms with Crippen LogP contribution >= 0.6 is 8.58 Å². The maximum absolute atomic E-state index is 2.37. The molecule has 0 unspecified atom stereocenters. The summed E-state index contributed by atoms with van der Waals surface area (Å²) in [6.07, 6.45) is 19.2. The smallest absolute Gasteiger partial charge is 0.0151 e. The lowest BCUT2D eigenvalue weighted by atomic mass is 9.94. The van der Waals surface area contributed by atoms with Gasteiger partial charge in [0.2, 0.25) is 0 Å². The monoisotopic (exact) mass is 235 g/mol. The van der Waals surface area contributed by atoms with Gasteiger partial charge in [0.15, 0.2) is 0 Å². The van der Waals surface area contributed by atoms with Crippen molar-refractivity contribution in [2.75, 3.05) is 0 Å². The summed E-state index contributed by atoms with van der Waals surface area (Å²) in [6, 6.07) is 0. The van der Waals surface area contributed by atoms with Crippen molar-refractivity contribution in [3.8, 4) is 0 Å². The molecule has 0 N–H and O–H groups in total. The summed E-state index contributed by atoms with van der Waals surface area (Å²) in [5.74, 6) is 3.19. The Hall–Kier alpha value is -0.0900. The second-order valence-corrected chi connectivity index (χ2v) is 6.24. The molecule has 0 aromatic heterocycles. The van der Waals surface area contributed by atoms with Crippen molar-refractivity contribution < 1.29 is 0 Å². The van der Waals surface area contributed by atoms with E-state index in [-0.39, 0.29) is 0 Å². The summed E-state index contributed by atoms with van der Waals surface area (Å²) in [5, 5.41) is 1.69. The summed E-state index contributed by atoms with van der Waals surface area (Å²) in [7, 11) is 1.48. The topological polar surface area (TPSA) is 0 Å². The molecular formula is C15H24P. The van der Waals surface area contributed by atoms with Crippen LogP contribution in [0.4, 0.5) is 0 Å². The largest absolute Gasteiger partial charge is 0.0608 e. The van der Waals surface area contributed by atoms with Gasteiger partial charge in [-0.25, -0.2) is 0 Å². The van der Waals surface area contributed by atoms with Crippen molar-refractivity contribution in [3.05, 3.63) is 23.3 Å². The van der Waals surface area contributed by atoms with Crippen molar-refractivity contribution in [1.29, 1.82) is 0 Å². The molecule has 1 heterocycles. The van der Waals surface area contributed by atoms with Gasteiger partial charge < -0.3 is 0 Å². The zero-order chi connectivity index (χ0) is 11.1. The van der Waals surface area contributed by atoms with E-state index in [9.17, 15) is 0 Å². The zero-order valence-corrected chi connectivity index (χ0v) is 11.2. The number of rotatable bonds is 1. The zero-order valence-electron chi connectivity index (χ0n) is 10.3. The van der Waals surface area contributed by atoms with Crippen LogP contribution in [0.2, 0.25) is 0 Å². The van der Waals surface area contributed by atoms with E-state index in [0.717, 1.165) is 5.92 Å². The van der Waals surface area contributed by atoms with E-state index >= 15 is 0 Å². The maximum Gasteiger partial charge on any atom is -0.0151 e. The average molecular weight is 235 g/mol. The predicted octanol–water partition coefficient (Wildman–Crippen LogP) is 5.87. The van der Waals surface area contributed by atoms with Crippen LogP contribution < -0.4 is 0 Å². The Bertz CT molecular complexity index is 240. The van der Waals surface area contributed by atoms with Gasteiger partial charge in [-0.2, -0.15) is 0 Å². The van der Waals surface area contributed by atoms with E-state index < -0.39 is 0 Å². The quantitative estimate of drug-likeness (QED) is 0.498. The molecule has 1 saturated carbocycles. The minimum absolute atomic E-state index is 0.898. The molecule has 0 amide bonds. The van der Waals surface area contributed by atoms with Crippen molar-refractivity contribution >= 4 is 8.58 Å². The Morgan fingerprint density at radius 1 is 0.812 bits per heavy atom. The molecule has 0 bridgehead atoms. The highest BCUT2D eigenvalue weighted by molar-refractivity contribution is 7.47. The fraction of sp³-hybridized carbons (Fsp3) is 0.733. The fourth-order valence-corrected chi connectivity index (χ4v) is 3.82. The normalized spacial score (nSPS) is 26.6. The summed E-state index contributed by atoms with van der Waals surface area (Å²) < 4.78 is 0. The average Bonchev–Trinajstić information content (AvgIpc) is 2.79. The van der Waals surface area contributed by atoms with E-state index in [1.165, 1.54) is 72.8 Å². The second kappa shape index (κ2) is 7.28. The molecule has 1 aliphatic heterocycles. The van der Waals surface area contributed by atoms with Crippen LogP contribution in [0.1, 0.15) is 64.2 Å². The Morgan fingerprint density at radius 2 is 1.38 bits per heavy atom. The molecule has 0 spiro atoms. The van der Waals surface area contributed by atoms with E-state index in [1.807, 2.05) is 0 Å². The first-order chi connectivity index (χ1) is 7.97. The first-order valence-electron chi connectivity index (χ1n) is 7.04. The summed E-state index contributed by atoms with van der Waals surface area (Å²) in [5.41, 5.74) is 0. The predicted molar refractivity (Wildman–Crippen MR) is 73.8 cm³/mol. The Balaban J connectivity index is 1.83. The minimum atomic E-state index is 0.898. The maximum atomic E-state index is 2.37. The van der Waals surface area contributed by atoms with Gasteiger partial charge in [0.1, 0.15) is 0 Å². The highest BCUT2D eigenvalue weighted by Gasteiger charge is 2.15. The molecule has 1 fully saturated rings. The number of hydrogen-bond acceptors (Lipinski definition) is 0. The van der Waals surface area contributed by atoms with Crippen LogP contribution in [0.5, 0.6) is 0 Å².